The number of nitro benzene ring substituents is 1. The molecule has 0 fully saturated rings. The minimum atomic E-state index is -0.651. The quantitative estimate of drug-likeness (QED) is 0.511. The molecular weight excluding hydrogens is 342 g/mol. The van der Waals surface area contributed by atoms with E-state index < -0.39 is 16.8 Å². The van der Waals surface area contributed by atoms with Crippen molar-refractivity contribution in [1.82, 2.24) is 0 Å². The Balaban J connectivity index is 3.20. The summed E-state index contributed by atoms with van der Waals surface area (Å²) in [5, 5.41) is 20.1. The van der Waals surface area contributed by atoms with Crippen molar-refractivity contribution < 1.29 is 14.4 Å². The van der Waals surface area contributed by atoms with Crippen LogP contribution in [0.5, 0.6) is 0 Å². The van der Waals surface area contributed by atoms with Crippen LogP contribution in [0.1, 0.15) is 6.92 Å². The Morgan fingerprint density at radius 2 is 2.24 bits per heavy atom. The van der Waals surface area contributed by atoms with Gasteiger partial charge >= 0.3 is 0 Å². The summed E-state index contributed by atoms with van der Waals surface area (Å²) in [7, 11) is 1.57. The maximum Gasteiger partial charge on any atom is 0.293 e. The van der Waals surface area contributed by atoms with Crippen molar-refractivity contribution in [3.05, 3.63) is 31.6 Å². The molecule has 0 amide bonds. The molecule has 1 atom stereocenters. The van der Waals surface area contributed by atoms with E-state index in [1.807, 2.05) is 0 Å². The molecule has 0 aliphatic heterocycles. The minimum absolute atomic E-state index is 0.161. The molecule has 0 radical (unpaired) electrons. The summed E-state index contributed by atoms with van der Waals surface area (Å²) in [6, 6.07) is 2.30. The van der Waals surface area contributed by atoms with Gasteiger partial charge in [-0.05, 0) is 29.5 Å². The van der Waals surface area contributed by atoms with Crippen molar-refractivity contribution in [2.45, 2.75) is 13.0 Å². The van der Waals surface area contributed by atoms with E-state index in [4.69, 9.17) is 0 Å². The molecule has 0 bridgehead atoms. The molecule has 0 heterocycles. The molecule has 0 spiro atoms. The Bertz CT molecular complexity index is 440. The summed E-state index contributed by atoms with van der Waals surface area (Å²) in [4.78, 5) is 11.8. The normalized spacial score (nSPS) is 12.3. The van der Waals surface area contributed by atoms with Crippen LogP contribution in [0.3, 0.4) is 0 Å². The van der Waals surface area contributed by atoms with E-state index >= 15 is 0 Å². The number of anilines is 1. The molecule has 0 aliphatic carbocycles. The molecule has 1 unspecified atom stereocenters. The lowest BCUT2D eigenvalue weighted by Crippen LogP contribution is -2.27. The van der Waals surface area contributed by atoms with Crippen LogP contribution < -0.4 is 4.90 Å². The first kappa shape index (κ1) is 14.1. The third-order valence-electron chi connectivity index (χ3n) is 2.16. The van der Waals surface area contributed by atoms with E-state index in [-0.39, 0.29) is 21.5 Å². The van der Waals surface area contributed by atoms with Crippen molar-refractivity contribution >= 4 is 34.0 Å². The van der Waals surface area contributed by atoms with Crippen LogP contribution in [-0.4, -0.2) is 29.7 Å². The first-order chi connectivity index (χ1) is 7.82. The predicted octanol–water partition coefficient (Wildman–Crippen LogP) is 2.16. The van der Waals surface area contributed by atoms with E-state index in [1.54, 1.807) is 36.6 Å². The van der Waals surface area contributed by atoms with E-state index in [0.29, 0.717) is 0 Å². The number of likely N-dealkylation sites (N-methyl/N-ethyl adjacent to an activating group) is 1. The number of halogens is 2. The molecule has 94 valence electrons. The lowest BCUT2D eigenvalue weighted by molar-refractivity contribution is -0.384. The van der Waals surface area contributed by atoms with Crippen molar-refractivity contribution in [2.24, 2.45) is 0 Å². The van der Waals surface area contributed by atoms with Gasteiger partial charge in [-0.1, -0.05) is 0 Å². The van der Waals surface area contributed by atoms with Gasteiger partial charge in [0.1, 0.15) is 11.5 Å². The highest BCUT2D eigenvalue weighted by molar-refractivity contribution is 14.1. The largest absolute Gasteiger partial charge is 0.392 e. The Kier molecular flexibility index (Phi) is 4.63. The smallest absolute Gasteiger partial charge is 0.293 e. The van der Waals surface area contributed by atoms with Crippen molar-refractivity contribution in [1.29, 1.82) is 0 Å². The van der Waals surface area contributed by atoms with Crippen LogP contribution in [0.15, 0.2) is 12.1 Å². The second-order valence-corrected chi connectivity index (χ2v) is 4.90. The summed E-state index contributed by atoms with van der Waals surface area (Å²) in [6.45, 7) is 1.76. The molecule has 1 aromatic carbocycles. The zero-order chi connectivity index (χ0) is 13.2. The van der Waals surface area contributed by atoms with Gasteiger partial charge in [0.2, 0.25) is 0 Å². The maximum atomic E-state index is 13.4. The molecule has 1 aromatic rings. The van der Waals surface area contributed by atoms with Gasteiger partial charge in [-0.25, -0.2) is 4.39 Å². The first-order valence-electron chi connectivity index (χ1n) is 4.85. The Morgan fingerprint density at radius 1 is 1.65 bits per heavy atom. The number of nitro groups is 1. The number of aliphatic hydroxyl groups is 1. The molecule has 1 N–H and O–H groups in total. The van der Waals surface area contributed by atoms with E-state index in [2.05, 4.69) is 0 Å². The highest BCUT2D eigenvalue weighted by atomic mass is 127. The number of hydrogen-bond acceptors (Lipinski definition) is 4. The molecule has 0 aromatic heterocycles. The minimum Gasteiger partial charge on any atom is -0.392 e. The molecule has 7 heteroatoms. The Hall–Kier alpha value is -0.960. The lowest BCUT2D eigenvalue weighted by atomic mass is 10.2. The Morgan fingerprint density at radius 3 is 2.71 bits per heavy atom. The van der Waals surface area contributed by atoms with E-state index in [0.717, 1.165) is 6.07 Å². The fraction of sp³-hybridized carbons (Fsp3) is 0.400. The second-order valence-electron chi connectivity index (χ2n) is 3.74. The molecule has 0 saturated carbocycles. The third-order valence-corrected chi connectivity index (χ3v) is 2.99. The summed E-state index contributed by atoms with van der Waals surface area (Å²) in [5.74, 6) is -0.511. The van der Waals surface area contributed by atoms with Crippen LogP contribution in [-0.2, 0) is 0 Å². The number of benzene rings is 1. The fourth-order valence-electron chi connectivity index (χ4n) is 1.47. The van der Waals surface area contributed by atoms with E-state index in [1.165, 1.54) is 11.0 Å². The van der Waals surface area contributed by atoms with Gasteiger partial charge in [0.05, 0.1) is 14.6 Å². The highest BCUT2D eigenvalue weighted by Gasteiger charge is 2.21. The zero-order valence-electron chi connectivity index (χ0n) is 9.35. The number of rotatable bonds is 4. The summed E-state index contributed by atoms with van der Waals surface area (Å²) in [5.41, 5.74) is -0.00670. The molecular formula is C10H12FIN2O3. The van der Waals surface area contributed by atoms with Crippen molar-refractivity contribution in [3.8, 4) is 0 Å². The summed E-state index contributed by atoms with van der Waals surface area (Å²) >= 11 is 1.70. The van der Waals surface area contributed by atoms with Gasteiger partial charge in [-0.15, -0.1) is 0 Å². The standard InChI is InChI=1S/C10H12FIN2O3/c1-6(15)5-13(2)9-3-7(11)8(12)4-10(9)14(16)17/h3-4,6,15H,5H2,1-2H3. The average Bonchev–Trinajstić information content (AvgIpc) is 2.19. The van der Waals surface area contributed by atoms with E-state index in [9.17, 15) is 19.6 Å². The van der Waals surface area contributed by atoms with Gasteiger partial charge in [-0.2, -0.15) is 0 Å². The fourth-order valence-corrected chi connectivity index (χ4v) is 1.92. The van der Waals surface area contributed by atoms with Crippen molar-refractivity contribution in [2.75, 3.05) is 18.5 Å². The molecule has 0 saturated heterocycles. The number of hydrogen-bond donors (Lipinski definition) is 1. The van der Waals surface area contributed by atoms with Crippen molar-refractivity contribution in [3.63, 3.8) is 0 Å². The van der Waals surface area contributed by atoms with Crippen LogP contribution in [0, 0.1) is 19.5 Å². The van der Waals surface area contributed by atoms with Gasteiger partial charge in [0.15, 0.2) is 0 Å². The lowest BCUT2D eigenvalue weighted by Gasteiger charge is -2.20. The molecule has 5 nitrogen and oxygen atoms in total. The molecule has 17 heavy (non-hydrogen) atoms. The average molecular weight is 354 g/mol. The maximum absolute atomic E-state index is 13.4. The van der Waals surface area contributed by atoms with Gasteiger partial charge in [0.25, 0.3) is 5.69 Å². The SMILES string of the molecule is CC(O)CN(C)c1cc(F)c(I)cc1[N+](=O)[O-]. The third kappa shape index (κ3) is 3.50. The van der Waals surface area contributed by atoms with Gasteiger partial charge < -0.3 is 10.0 Å². The Labute approximate surface area is 112 Å². The highest BCUT2D eigenvalue weighted by Crippen LogP contribution is 2.31. The van der Waals surface area contributed by atoms with Crippen LogP contribution in [0.2, 0.25) is 0 Å². The second kappa shape index (κ2) is 5.58. The van der Waals surface area contributed by atoms with Gasteiger partial charge in [-0.3, -0.25) is 10.1 Å². The topological polar surface area (TPSA) is 66.6 Å². The van der Waals surface area contributed by atoms with Crippen LogP contribution in [0.4, 0.5) is 15.8 Å². The summed E-state index contributed by atoms with van der Waals surface area (Å²) < 4.78 is 13.6. The zero-order valence-corrected chi connectivity index (χ0v) is 11.5. The first-order valence-corrected chi connectivity index (χ1v) is 5.93. The van der Waals surface area contributed by atoms with Crippen LogP contribution in [0.25, 0.3) is 0 Å². The number of aliphatic hydroxyl groups excluding tert-OH is 1. The number of nitrogens with zero attached hydrogens (tertiary/aromatic N) is 2. The molecule has 0 aliphatic rings. The monoisotopic (exact) mass is 354 g/mol. The summed E-state index contributed by atoms with van der Waals surface area (Å²) in [6.07, 6.45) is -0.651. The van der Waals surface area contributed by atoms with Crippen LogP contribution >= 0.6 is 22.6 Å². The molecule has 1 rings (SSSR count). The predicted molar refractivity (Wildman–Crippen MR) is 70.7 cm³/mol. The van der Waals surface area contributed by atoms with Gasteiger partial charge in [0, 0.05) is 25.7 Å².